The molecule has 4 rings (SSSR count). The van der Waals surface area contributed by atoms with E-state index >= 15 is 0 Å². The van der Waals surface area contributed by atoms with Crippen molar-refractivity contribution >= 4 is 0 Å². The van der Waals surface area contributed by atoms with Crippen LogP contribution in [0.4, 0.5) is 4.39 Å². The average molecular weight is 392 g/mol. The van der Waals surface area contributed by atoms with Gasteiger partial charge in [0.15, 0.2) is 12.4 Å². The van der Waals surface area contributed by atoms with Crippen LogP contribution in [-0.4, -0.2) is 19.9 Å². The topological polar surface area (TPSA) is 66.0 Å². The minimum atomic E-state index is -0.316. The van der Waals surface area contributed by atoms with Crippen molar-refractivity contribution in [2.24, 2.45) is 0 Å². The Labute approximate surface area is 167 Å². The van der Waals surface area contributed by atoms with Crippen LogP contribution in [0, 0.1) is 5.82 Å². The van der Waals surface area contributed by atoms with Gasteiger partial charge in [-0.1, -0.05) is 38.1 Å². The molecule has 0 aliphatic heterocycles. The van der Waals surface area contributed by atoms with Crippen LogP contribution in [0.3, 0.4) is 0 Å². The lowest BCUT2D eigenvalue weighted by molar-refractivity contribution is 0.221. The summed E-state index contributed by atoms with van der Waals surface area (Å²) in [6.45, 7) is 6.78. The normalized spacial score (nSPS) is 11.6. The molecule has 0 spiro atoms. The molecule has 0 amide bonds. The van der Waals surface area contributed by atoms with Crippen LogP contribution in [0.2, 0.25) is 0 Å². The quantitative estimate of drug-likeness (QED) is 0.474. The molecule has 148 valence electrons. The smallest absolute Gasteiger partial charge is 0.278 e. The Kier molecular flexibility index (Phi) is 4.88. The molecule has 2 heterocycles. The summed E-state index contributed by atoms with van der Waals surface area (Å²) < 4.78 is 25.8. The van der Waals surface area contributed by atoms with Gasteiger partial charge in [0.05, 0.1) is 0 Å². The van der Waals surface area contributed by atoms with Crippen LogP contribution in [0.15, 0.2) is 65.3 Å². The lowest BCUT2D eigenvalue weighted by Crippen LogP contribution is -2.11. The van der Waals surface area contributed by atoms with Crippen LogP contribution in [0.5, 0.6) is 5.75 Å². The van der Waals surface area contributed by atoms with Crippen molar-refractivity contribution in [3.63, 3.8) is 0 Å². The van der Waals surface area contributed by atoms with E-state index in [0.717, 1.165) is 5.75 Å². The second-order valence-electron chi connectivity index (χ2n) is 7.72. The number of nitrogens with zero attached hydrogens (tertiary/aromatic N) is 4. The predicted molar refractivity (Wildman–Crippen MR) is 107 cm³/mol. The van der Waals surface area contributed by atoms with Crippen LogP contribution in [0.1, 0.15) is 26.3 Å². The molecule has 0 N–H and O–H groups in total. The summed E-state index contributed by atoms with van der Waals surface area (Å²) in [5, 5.41) is 8.34. The lowest BCUT2D eigenvalue weighted by atomic mass is 9.87. The Hall–Kier alpha value is -3.48. The van der Waals surface area contributed by atoms with Gasteiger partial charge in [0.2, 0.25) is 5.82 Å². The van der Waals surface area contributed by atoms with E-state index in [0.29, 0.717) is 17.1 Å². The van der Waals surface area contributed by atoms with Gasteiger partial charge in [0, 0.05) is 11.8 Å². The Bertz CT molecular complexity index is 1090. The Morgan fingerprint density at radius 2 is 1.72 bits per heavy atom. The number of halogens is 1. The first-order valence-corrected chi connectivity index (χ1v) is 9.25. The molecule has 0 bridgehead atoms. The molecule has 6 nitrogen and oxygen atoms in total. The van der Waals surface area contributed by atoms with Crippen LogP contribution >= 0.6 is 0 Å². The molecule has 0 saturated heterocycles. The van der Waals surface area contributed by atoms with Crippen LogP contribution in [-0.2, 0) is 12.1 Å². The van der Waals surface area contributed by atoms with Crippen molar-refractivity contribution < 1.29 is 13.7 Å². The predicted octanol–water partition coefficient (Wildman–Crippen LogP) is 5.07. The molecule has 0 unspecified atom stereocenters. The highest BCUT2D eigenvalue weighted by atomic mass is 19.1. The zero-order valence-electron chi connectivity index (χ0n) is 16.5. The van der Waals surface area contributed by atoms with E-state index in [1.54, 1.807) is 29.1 Å². The summed E-state index contributed by atoms with van der Waals surface area (Å²) in [5.74, 6) is 1.12. The van der Waals surface area contributed by atoms with Crippen molar-refractivity contribution in [2.45, 2.75) is 32.9 Å². The van der Waals surface area contributed by atoms with Crippen molar-refractivity contribution in [3.8, 4) is 28.7 Å². The van der Waals surface area contributed by atoms with Gasteiger partial charge in [-0.15, -0.1) is 0 Å². The molecular weight excluding hydrogens is 371 g/mol. The van der Waals surface area contributed by atoms with Gasteiger partial charge >= 0.3 is 0 Å². The van der Waals surface area contributed by atoms with E-state index in [1.165, 1.54) is 17.7 Å². The number of benzene rings is 2. The standard InChI is InChI=1S/C22H21FN4O2/c1-22(2,3)16-6-10-18(11-7-16)28-14-27-13-12-19(25-27)21-24-20(26-29-21)15-4-8-17(23)9-5-15/h4-13H,14H2,1-3H3. The highest BCUT2D eigenvalue weighted by molar-refractivity contribution is 5.57. The largest absolute Gasteiger partial charge is 0.471 e. The molecule has 0 radical (unpaired) electrons. The third-order valence-electron chi connectivity index (χ3n) is 4.47. The Morgan fingerprint density at radius 3 is 2.41 bits per heavy atom. The molecule has 29 heavy (non-hydrogen) atoms. The second kappa shape index (κ2) is 7.50. The maximum absolute atomic E-state index is 13.1. The summed E-state index contributed by atoms with van der Waals surface area (Å²) in [6.07, 6.45) is 1.78. The van der Waals surface area contributed by atoms with Crippen molar-refractivity contribution in [1.29, 1.82) is 0 Å². The number of ether oxygens (including phenoxy) is 1. The number of hydrogen-bond acceptors (Lipinski definition) is 5. The molecule has 2 aromatic carbocycles. The molecule has 0 saturated carbocycles. The number of rotatable bonds is 5. The highest BCUT2D eigenvalue weighted by Crippen LogP contribution is 2.25. The first kappa shape index (κ1) is 18.9. The fraction of sp³-hybridized carbons (Fsp3) is 0.227. The molecule has 2 aromatic heterocycles. The zero-order valence-corrected chi connectivity index (χ0v) is 16.5. The minimum Gasteiger partial charge on any atom is -0.471 e. The fourth-order valence-electron chi connectivity index (χ4n) is 2.78. The van der Waals surface area contributed by atoms with Gasteiger partial charge in [-0.3, -0.25) is 0 Å². The second-order valence-corrected chi connectivity index (χ2v) is 7.72. The van der Waals surface area contributed by atoms with Gasteiger partial charge in [0.1, 0.15) is 11.6 Å². The molecule has 0 fully saturated rings. The molecular formula is C22H21FN4O2. The molecule has 7 heteroatoms. The van der Waals surface area contributed by atoms with Crippen LogP contribution in [0.25, 0.3) is 23.0 Å². The maximum atomic E-state index is 13.1. The summed E-state index contributed by atoms with van der Waals surface area (Å²) in [6, 6.07) is 15.7. The highest BCUT2D eigenvalue weighted by Gasteiger charge is 2.14. The summed E-state index contributed by atoms with van der Waals surface area (Å²) in [7, 11) is 0. The number of hydrogen-bond donors (Lipinski definition) is 0. The fourth-order valence-corrected chi connectivity index (χ4v) is 2.78. The van der Waals surface area contributed by atoms with E-state index in [9.17, 15) is 4.39 Å². The van der Waals surface area contributed by atoms with Crippen molar-refractivity contribution in [1.82, 2.24) is 19.9 Å². The summed E-state index contributed by atoms with van der Waals surface area (Å²) in [4.78, 5) is 4.33. The average Bonchev–Trinajstić information content (AvgIpc) is 3.36. The molecule has 4 aromatic rings. The Balaban J connectivity index is 1.42. The minimum absolute atomic E-state index is 0.103. The van der Waals surface area contributed by atoms with Crippen molar-refractivity contribution in [3.05, 3.63) is 72.2 Å². The van der Waals surface area contributed by atoms with Gasteiger partial charge in [0.25, 0.3) is 5.89 Å². The maximum Gasteiger partial charge on any atom is 0.278 e. The van der Waals surface area contributed by atoms with Gasteiger partial charge in [-0.25, -0.2) is 9.07 Å². The van der Waals surface area contributed by atoms with E-state index < -0.39 is 0 Å². The Morgan fingerprint density at radius 1 is 1.00 bits per heavy atom. The number of aromatic nitrogens is 4. The van der Waals surface area contributed by atoms with Crippen molar-refractivity contribution in [2.75, 3.05) is 0 Å². The molecule has 0 aliphatic carbocycles. The third kappa shape index (κ3) is 4.34. The van der Waals surface area contributed by atoms with E-state index in [2.05, 4.69) is 48.1 Å². The first-order valence-electron chi connectivity index (χ1n) is 9.25. The van der Waals surface area contributed by atoms with Crippen LogP contribution < -0.4 is 4.74 Å². The third-order valence-corrected chi connectivity index (χ3v) is 4.47. The first-order chi connectivity index (χ1) is 13.9. The monoisotopic (exact) mass is 392 g/mol. The van der Waals surface area contributed by atoms with E-state index in [-0.39, 0.29) is 23.9 Å². The molecule has 0 aliphatic rings. The van der Waals surface area contributed by atoms with Gasteiger partial charge in [-0.05, 0) is 53.4 Å². The van der Waals surface area contributed by atoms with E-state index in [1.807, 2.05) is 12.1 Å². The lowest BCUT2D eigenvalue weighted by Gasteiger charge is -2.19. The summed E-state index contributed by atoms with van der Waals surface area (Å²) in [5.41, 5.74) is 2.56. The SMILES string of the molecule is CC(C)(C)c1ccc(OCn2ccc(-c3nc(-c4ccc(F)cc4)no3)n2)cc1. The van der Waals surface area contributed by atoms with Gasteiger partial charge in [-0.2, -0.15) is 10.1 Å². The zero-order chi connectivity index (χ0) is 20.4. The van der Waals surface area contributed by atoms with Gasteiger partial charge < -0.3 is 9.26 Å². The van der Waals surface area contributed by atoms with E-state index in [4.69, 9.17) is 9.26 Å². The summed E-state index contributed by atoms with van der Waals surface area (Å²) >= 11 is 0. The molecule has 0 atom stereocenters.